The molecule has 1 aromatic rings. The number of carbonyl (C=O) groups is 2. The number of hydrogen-bond acceptors (Lipinski definition) is 4. The van der Waals surface area contributed by atoms with E-state index in [1.807, 2.05) is 0 Å². The zero-order valence-corrected chi connectivity index (χ0v) is 16.1. The van der Waals surface area contributed by atoms with Crippen LogP contribution in [0.5, 0.6) is 5.75 Å². The number of hydrogen-bond donors (Lipinski definition) is 4. The van der Waals surface area contributed by atoms with Gasteiger partial charge in [0.25, 0.3) is 5.91 Å². The minimum absolute atomic E-state index is 0.0180. The van der Waals surface area contributed by atoms with Crippen molar-refractivity contribution in [2.75, 3.05) is 13.1 Å². The average molecular weight is 373 g/mol. The summed E-state index contributed by atoms with van der Waals surface area (Å²) in [5.74, 6) is 0.515. The van der Waals surface area contributed by atoms with E-state index in [0.717, 1.165) is 38.5 Å². The third-order valence-electron chi connectivity index (χ3n) is 5.96. The molecule has 148 valence electrons. The van der Waals surface area contributed by atoms with Crippen LogP contribution in [0, 0.1) is 5.92 Å². The second-order valence-corrected chi connectivity index (χ2v) is 8.32. The lowest BCUT2D eigenvalue weighted by Gasteiger charge is -2.39. The van der Waals surface area contributed by atoms with Gasteiger partial charge in [-0.15, -0.1) is 0 Å². The van der Waals surface area contributed by atoms with E-state index in [1.54, 1.807) is 18.2 Å². The fourth-order valence-electron chi connectivity index (χ4n) is 4.01. The van der Waals surface area contributed by atoms with Gasteiger partial charge in [-0.2, -0.15) is 0 Å². The Hall–Kier alpha value is -2.08. The lowest BCUT2D eigenvalue weighted by Crippen LogP contribution is -2.53. The molecule has 0 saturated heterocycles. The molecule has 0 aromatic heterocycles. The van der Waals surface area contributed by atoms with Crippen molar-refractivity contribution in [2.45, 2.75) is 63.5 Å². The molecule has 4 N–H and O–H groups in total. The zero-order chi connectivity index (χ0) is 19.3. The van der Waals surface area contributed by atoms with Gasteiger partial charge in [-0.3, -0.25) is 9.59 Å². The first-order valence-electron chi connectivity index (χ1n) is 10.1. The van der Waals surface area contributed by atoms with Crippen molar-refractivity contribution >= 4 is 11.8 Å². The molecule has 2 aliphatic carbocycles. The Bertz CT molecular complexity index is 664. The molecule has 0 spiro atoms. The molecule has 0 heterocycles. The number of amides is 2. The number of phenols is 1. The summed E-state index contributed by atoms with van der Waals surface area (Å²) in [7, 11) is 0. The van der Waals surface area contributed by atoms with Gasteiger partial charge in [0.2, 0.25) is 5.91 Å². The summed E-state index contributed by atoms with van der Waals surface area (Å²) in [5, 5.41) is 18.9. The van der Waals surface area contributed by atoms with Crippen LogP contribution < -0.4 is 16.0 Å². The normalized spacial score (nSPS) is 23.9. The summed E-state index contributed by atoms with van der Waals surface area (Å²) in [5.41, 5.74) is 0.501. The van der Waals surface area contributed by atoms with Crippen LogP contribution in [0.1, 0.15) is 62.2 Å². The number of aromatic hydroxyl groups is 1. The van der Waals surface area contributed by atoms with Crippen LogP contribution in [0.25, 0.3) is 0 Å². The molecule has 2 saturated carbocycles. The first kappa shape index (κ1) is 19.7. The maximum atomic E-state index is 12.1. The van der Waals surface area contributed by atoms with Gasteiger partial charge in [0, 0.05) is 23.7 Å². The molecule has 2 amide bonds. The molecule has 0 atom stereocenters. The summed E-state index contributed by atoms with van der Waals surface area (Å²) in [6, 6.07) is 6.78. The van der Waals surface area contributed by atoms with Crippen LogP contribution >= 0.6 is 0 Å². The van der Waals surface area contributed by atoms with Gasteiger partial charge in [-0.05, 0) is 76.0 Å². The third-order valence-corrected chi connectivity index (χ3v) is 5.96. The van der Waals surface area contributed by atoms with E-state index >= 15 is 0 Å². The smallest absolute Gasteiger partial charge is 0.251 e. The molecule has 2 aliphatic rings. The lowest BCUT2D eigenvalue weighted by molar-refractivity contribution is -0.123. The molecule has 3 rings (SSSR count). The van der Waals surface area contributed by atoms with Crippen molar-refractivity contribution in [2.24, 2.45) is 5.92 Å². The Morgan fingerprint density at radius 2 is 1.93 bits per heavy atom. The Balaban J connectivity index is 1.32. The van der Waals surface area contributed by atoms with E-state index in [0.29, 0.717) is 30.6 Å². The highest BCUT2D eigenvalue weighted by molar-refractivity contribution is 5.94. The molecule has 0 unspecified atom stereocenters. The quantitative estimate of drug-likeness (QED) is 0.590. The van der Waals surface area contributed by atoms with Crippen molar-refractivity contribution in [1.29, 1.82) is 0 Å². The van der Waals surface area contributed by atoms with E-state index in [9.17, 15) is 14.7 Å². The van der Waals surface area contributed by atoms with E-state index in [1.165, 1.54) is 12.5 Å². The Morgan fingerprint density at radius 3 is 2.56 bits per heavy atom. The van der Waals surface area contributed by atoms with Crippen molar-refractivity contribution in [3.05, 3.63) is 29.8 Å². The van der Waals surface area contributed by atoms with E-state index in [4.69, 9.17) is 0 Å². The summed E-state index contributed by atoms with van der Waals surface area (Å²) in [4.78, 5) is 24.2. The van der Waals surface area contributed by atoms with Crippen LogP contribution in [0.15, 0.2) is 24.3 Å². The topological polar surface area (TPSA) is 90.5 Å². The van der Waals surface area contributed by atoms with Gasteiger partial charge < -0.3 is 21.1 Å². The van der Waals surface area contributed by atoms with Gasteiger partial charge in [-0.1, -0.05) is 6.07 Å². The molecule has 2 fully saturated rings. The molecular formula is C21H31N3O3. The molecular weight excluding hydrogens is 342 g/mol. The van der Waals surface area contributed by atoms with E-state index in [2.05, 4.69) is 22.9 Å². The minimum Gasteiger partial charge on any atom is -0.508 e. The number of rotatable bonds is 7. The largest absolute Gasteiger partial charge is 0.508 e. The predicted octanol–water partition coefficient (Wildman–Crippen LogP) is 2.33. The van der Waals surface area contributed by atoms with E-state index in [-0.39, 0.29) is 23.1 Å². The van der Waals surface area contributed by atoms with Crippen LogP contribution in [-0.4, -0.2) is 41.6 Å². The Morgan fingerprint density at radius 1 is 1.19 bits per heavy atom. The minimum atomic E-state index is -0.146. The van der Waals surface area contributed by atoms with Gasteiger partial charge in [-0.25, -0.2) is 0 Å². The second kappa shape index (κ2) is 8.74. The predicted molar refractivity (Wildman–Crippen MR) is 105 cm³/mol. The van der Waals surface area contributed by atoms with Gasteiger partial charge in [0.15, 0.2) is 0 Å². The fraction of sp³-hybridized carbons (Fsp3) is 0.619. The van der Waals surface area contributed by atoms with Crippen LogP contribution in [0.4, 0.5) is 0 Å². The standard InChI is InChI=1S/C21H31N3O3/c1-21(10-3-11-21)24-19(26)14-22-17-8-6-15(7-9-17)13-23-20(27)16-4-2-5-18(25)12-16/h2,4-5,12,15,17,22,25H,3,6-11,13-14H2,1H3,(H,23,27)(H,24,26)/t15-,17-. The lowest BCUT2D eigenvalue weighted by atomic mass is 9.78. The van der Waals surface area contributed by atoms with Gasteiger partial charge >= 0.3 is 0 Å². The number of benzene rings is 1. The van der Waals surface area contributed by atoms with E-state index < -0.39 is 0 Å². The molecule has 0 aliphatic heterocycles. The first-order valence-corrected chi connectivity index (χ1v) is 10.1. The number of carbonyl (C=O) groups excluding carboxylic acids is 2. The Kier molecular flexibility index (Phi) is 6.37. The molecule has 1 aromatic carbocycles. The summed E-state index contributed by atoms with van der Waals surface area (Å²) in [6.07, 6.45) is 7.50. The van der Waals surface area contributed by atoms with Crippen LogP contribution in [0.2, 0.25) is 0 Å². The molecule has 27 heavy (non-hydrogen) atoms. The van der Waals surface area contributed by atoms with Crippen molar-refractivity contribution in [3.8, 4) is 5.75 Å². The highest BCUT2D eigenvalue weighted by Gasteiger charge is 2.33. The maximum Gasteiger partial charge on any atom is 0.251 e. The fourth-order valence-corrected chi connectivity index (χ4v) is 4.01. The maximum absolute atomic E-state index is 12.1. The third kappa shape index (κ3) is 5.70. The highest BCUT2D eigenvalue weighted by atomic mass is 16.3. The van der Waals surface area contributed by atoms with Crippen LogP contribution in [0.3, 0.4) is 0 Å². The molecule has 6 heteroatoms. The summed E-state index contributed by atoms with van der Waals surface area (Å²) < 4.78 is 0. The monoisotopic (exact) mass is 373 g/mol. The van der Waals surface area contributed by atoms with Gasteiger partial charge in [0.1, 0.15) is 5.75 Å². The summed E-state index contributed by atoms with van der Waals surface area (Å²) in [6.45, 7) is 3.16. The molecule has 0 bridgehead atoms. The number of phenolic OH excluding ortho intramolecular Hbond substituents is 1. The second-order valence-electron chi connectivity index (χ2n) is 8.32. The molecule has 6 nitrogen and oxygen atoms in total. The van der Waals surface area contributed by atoms with Crippen molar-refractivity contribution in [1.82, 2.24) is 16.0 Å². The SMILES string of the molecule is CC1(NC(=O)CN[C@H]2CC[C@H](CNC(=O)c3cccc(O)c3)CC2)CCC1. The highest BCUT2D eigenvalue weighted by Crippen LogP contribution is 2.30. The molecule has 0 radical (unpaired) electrons. The summed E-state index contributed by atoms with van der Waals surface area (Å²) >= 11 is 0. The zero-order valence-electron chi connectivity index (χ0n) is 16.1. The Labute approximate surface area is 161 Å². The van der Waals surface area contributed by atoms with Crippen molar-refractivity contribution < 1.29 is 14.7 Å². The van der Waals surface area contributed by atoms with Gasteiger partial charge in [0.05, 0.1) is 6.54 Å². The first-order chi connectivity index (χ1) is 12.9. The van der Waals surface area contributed by atoms with Crippen molar-refractivity contribution in [3.63, 3.8) is 0 Å². The average Bonchev–Trinajstić information content (AvgIpc) is 2.64. The van der Waals surface area contributed by atoms with Crippen LogP contribution in [-0.2, 0) is 4.79 Å². The number of nitrogens with one attached hydrogen (secondary N) is 3.